The topological polar surface area (TPSA) is 54.2 Å². The summed E-state index contributed by atoms with van der Waals surface area (Å²) in [6.07, 6.45) is 4.96. The van der Waals surface area contributed by atoms with Gasteiger partial charge in [-0.1, -0.05) is 0 Å². The minimum Gasteiger partial charge on any atom is -0.387 e. The summed E-state index contributed by atoms with van der Waals surface area (Å²) in [6.45, 7) is 2.43. The first-order valence-corrected chi connectivity index (χ1v) is 5.89. The number of aliphatic hydroxyl groups excluding tert-OH is 1. The second-order valence-electron chi connectivity index (χ2n) is 4.43. The predicted octanol–water partition coefficient (Wildman–Crippen LogP) is 1.50. The Morgan fingerprint density at radius 1 is 1.39 bits per heavy atom. The Morgan fingerprint density at radius 3 is 2.67 bits per heavy atom. The zero-order valence-electron chi connectivity index (χ0n) is 10.9. The van der Waals surface area contributed by atoms with Crippen LogP contribution in [0.25, 0.3) is 0 Å². The van der Waals surface area contributed by atoms with Gasteiger partial charge in [-0.05, 0) is 19.1 Å². The zero-order valence-corrected chi connectivity index (χ0v) is 10.9. The largest absolute Gasteiger partial charge is 0.387 e. The van der Waals surface area contributed by atoms with E-state index in [1.165, 1.54) is 0 Å². The van der Waals surface area contributed by atoms with Crippen molar-refractivity contribution >= 4 is 5.69 Å². The number of anilines is 1. The van der Waals surface area contributed by atoms with E-state index in [0.29, 0.717) is 5.69 Å². The molecule has 18 heavy (non-hydrogen) atoms. The van der Waals surface area contributed by atoms with Crippen LogP contribution in [0.1, 0.15) is 24.5 Å². The zero-order chi connectivity index (χ0) is 13.1. The summed E-state index contributed by atoms with van der Waals surface area (Å²) < 4.78 is 1.99. The molecule has 1 unspecified atom stereocenters. The highest BCUT2D eigenvalue weighted by atomic mass is 16.3. The molecule has 2 heterocycles. The highest BCUT2D eigenvalue weighted by molar-refractivity contribution is 5.43. The second-order valence-corrected chi connectivity index (χ2v) is 4.43. The Morgan fingerprint density at radius 2 is 2.17 bits per heavy atom. The summed E-state index contributed by atoms with van der Waals surface area (Å²) in [5.74, 6) is 0.997. The van der Waals surface area contributed by atoms with Crippen LogP contribution in [0.5, 0.6) is 0 Å². The maximum absolute atomic E-state index is 9.41. The average molecular weight is 246 g/mol. The lowest BCUT2D eigenvalue weighted by Crippen LogP contribution is -2.19. The minimum absolute atomic E-state index is 0.529. The first kappa shape index (κ1) is 12.6. The summed E-state index contributed by atoms with van der Waals surface area (Å²) in [4.78, 5) is 10.6. The lowest BCUT2D eigenvalue weighted by molar-refractivity contribution is 0.194. The lowest BCUT2D eigenvalue weighted by Gasteiger charge is -2.19. The van der Waals surface area contributed by atoms with Crippen molar-refractivity contribution in [2.75, 3.05) is 11.9 Å². The van der Waals surface area contributed by atoms with Gasteiger partial charge in [-0.25, -0.2) is 4.98 Å². The van der Waals surface area contributed by atoms with Crippen LogP contribution in [0.3, 0.4) is 0 Å². The molecule has 0 spiro atoms. The van der Waals surface area contributed by atoms with Crippen molar-refractivity contribution in [1.82, 2.24) is 14.5 Å². The van der Waals surface area contributed by atoms with Crippen LogP contribution in [0, 0.1) is 0 Å². The molecule has 1 atom stereocenters. The number of aryl methyl sites for hydroxylation is 1. The maximum Gasteiger partial charge on any atom is 0.127 e. The van der Waals surface area contributed by atoms with Crippen molar-refractivity contribution in [3.63, 3.8) is 0 Å². The molecule has 2 aromatic rings. The van der Waals surface area contributed by atoms with Gasteiger partial charge in [0, 0.05) is 26.5 Å². The molecule has 0 fully saturated rings. The summed E-state index contributed by atoms with van der Waals surface area (Å²) in [7, 11) is 3.97. The minimum atomic E-state index is -0.529. The Bertz CT molecular complexity index is 504. The number of hydrogen-bond acceptors (Lipinski definition) is 4. The third-order valence-electron chi connectivity index (χ3n) is 2.94. The molecule has 0 radical (unpaired) electrons. The lowest BCUT2D eigenvalue weighted by atomic mass is 10.2. The molecule has 0 amide bonds. The first-order valence-electron chi connectivity index (χ1n) is 5.89. The predicted molar refractivity (Wildman–Crippen MR) is 70.2 cm³/mol. The van der Waals surface area contributed by atoms with Gasteiger partial charge in [0.05, 0.1) is 30.2 Å². The molecule has 0 aliphatic carbocycles. The molecule has 2 aromatic heterocycles. The van der Waals surface area contributed by atoms with E-state index in [4.69, 9.17) is 0 Å². The van der Waals surface area contributed by atoms with Crippen LogP contribution in [-0.4, -0.2) is 26.7 Å². The number of imidazole rings is 1. The van der Waals surface area contributed by atoms with Gasteiger partial charge in [-0.2, -0.15) is 0 Å². The molecule has 0 saturated carbocycles. The van der Waals surface area contributed by atoms with Crippen molar-refractivity contribution < 1.29 is 5.11 Å². The van der Waals surface area contributed by atoms with Crippen LogP contribution in [-0.2, 0) is 13.6 Å². The van der Waals surface area contributed by atoms with Crippen molar-refractivity contribution in [3.05, 3.63) is 42.2 Å². The molecular weight excluding hydrogens is 228 g/mol. The van der Waals surface area contributed by atoms with Gasteiger partial charge in [0.1, 0.15) is 5.82 Å². The van der Waals surface area contributed by atoms with E-state index in [2.05, 4.69) is 14.9 Å². The second kappa shape index (κ2) is 5.18. The van der Waals surface area contributed by atoms with E-state index in [-0.39, 0.29) is 0 Å². The monoisotopic (exact) mass is 246 g/mol. The number of aliphatic hydroxyl groups is 1. The quantitative estimate of drug-likeness (QED) is 0.888. The summed E-state index contributed by atoms with van der Waals surface area (Å²) >= 11 is 0. The summed E-state index contributed by atoms with van der Waals surface area (Å²) in [6, 6.07) is 3.80. The fraction of sp³-hybridized carbons (Fsp3) is 0.385. The van der Waals surface area contributed by atoms with Crippen LogP contribution in [0.2, 0.25) is 0 Å². The third-order valence-corrected chi connectivity index (χ3v) is 2.94. The molecule has 2 rings (SSSR count). The van der Waals surface area contributed by atoms with Gasteiger partial charge in [0.15, 0.2) is 0 Å². The summed E-state index contributed by atoms with van der Waals surface area (Å²) in [5, 5.41) is 9.41. The number of nitrogens with zero attached hydrogens (tertiary/aromatic N) is 4. The van der Waals surface area contributed by atoms with Crippen molar-refractivity contribution in [3.8, 4) is 0 Å². The fourth-order valence-corrected chi connectivity index (χ4v) is 1.72. The van der Waals surface area contributed by atoms with E-state index < -0.39 is 6.10 Å². The Balaban J connectivity index is 2.09. The van der Waals surface area contributed by atoms with Gasteiger partial charge in [-0.15, -0.1) is 0 Å². The SMILES string of the molecule is CC(O)c1ccc(N(C)Cc2nccn2C)cn1. The fourth-order valence-electron chi connectivity index (χ4n) is 1.72. The standard InChI is InChI=1S/C13H18N4O/c1-10(18)12-5-4-11(8-15-12)17(3)9-13-14-6-7-16(13)2/h4-8,10,18H,9H2,1-3H3. The molecule has 0 aliphatic rings. The first-order chi connectivity index (χ1) is 8.58. The Hall–Kier alpha value is -1.88. The van der Waals surface area contributed by atoms with E-state index in [9.17, 15) is 5.11 Å². The molecule has 0 aromatic carbocycles. The normalized spacial score (nSPS) is 12.4. The Labute approximate surface area is 107 Å². The number of aromatic nitrogens is 3. The van der Waals surface area contributed by atoms with Crippen LogP contribution >= 0.6 is 0 Å². The van der Waals surface area contributed by atoms with Crippen molar-refractivity contribution in [1.29, 1.82) is 0 Å². The van der Waals surface area contributed by atoms with Gasteiger partial charge in [0.25, 0.3) is 0 Å². The van der Waals surface area contributed by atoms with Crippen molar-refractivity contribution in [2.24, 2.45) is 7.05 Å². The van der Waals surface area contributed by atoms with Crippen molar-refractivity contribution in [2.45, 2.75) is 19.6 Å². The van der Waals surface area contributed by atoms with Gasteiger partial charge >= 0.3 is 0 Å². The van der Waals surface area contributed by atoms with E-state index in [1.807, 2.05) is 37.0 Å². The number of pyridine rings is 1. The molecule has 0 aliphatic heterocycles. The third kappa shape index (κ3) is 2.68. The number of hydrogen-bond donors (Lipinski definition) is 1. The van der Waals surface area contributed by atoms with E-state index in [1.54, 1.807) is 19.3 Å². The maximum atomic E-state index is 9.41. The molecule has 1 N–H and O–H groups in total. The molecular formula is C13H18N4O. The van der Waals surface area contributed by atoms with Crippen LogP contribution in [0.4, 0.5) is 5.69 Å². The van der Waals surface area contributed by atoms with Gasteiger partial charge in [-0.3, -0.25) is 4.98 Å². The van der Waals surface area contributed by atoms with Gasteiger partial charge < -0.3 is 14.6 Å². The molecule has 0 saturated heterocycles. The average Bonchev–Trinajstić information content (AvgIpc) is 2.75. The highest BCUT2D eigenvalue weighted by Crippen LogP contribution is 2.16. The van der Waals surface area contributed by atoms with E-state index >= 15 is 0 Å². The molecule has 5 heteroatoms. The van der Waals surface area contributed by atoms with Crippen LogP contribution < -0.4 is 4.90 Å². The van der Waals surface area contributed by atoms with Gasteiger partial charge in [0.2, 0.25) is 0 Å². The Kier molecular flexibility index (Phi) is 3.62. The highest BCUT2D eigenvalue weighted by Gasteiger charge is 2.07. The van der Waals surface area contributed by atoms with E-state index in [0.717, 1.165) is 18.1 Å². The number of rotatable bonds is 4. The van der Waals surface area contributed by atoms with Crippen LogP contribution in [0.15, 0.2) is 30.7 Å². The molecule has 0 bridgehead atoms. The molecule has 5 nitrogen and oxygen atoms in total. The summed E-state index contributed by atoms with van der Waals surface area (Å²) in [5.41, 5.74) is 1.69. The smallest absolute Gasteiger partial charge is 0.127 e. The molecule has 96 valence electrons.